The molecule has 0 unspecified atom stereocenters. The Balaban J connectivity index is 1.49. The van der Waals surface area contributed by atoms with Crippen LogP contribution in [0.2, 0.25) is 5.02 Å². The van der Waals surface area contributed by atoms with Gasteiger partial charge in [-0.2, -0.15) is 0 Å². The molecule has 0 spiro atoms. The third kappa shape index (κ3) is 4.39. The van der Waals surface area contributed by atoms with Crippen LogP contribution in [0, 0.1) is 0 Å². The van der Waals surface area contributed by atoms with E-state index in [0.29, 0.717) is 27.3 Å². The summed E-state index contributed by atoms with van der Waals surface area (Å²) in [6.45, 7) is 1.91. The molecular weight excluding hydrogens is 406 g/mol. The molecule has 0 saturated carbocycles. The molecule has 5 nitrogen and oxygen atoms in total. The van der Waals surface area contributed by atoms with E-state index in [1.54, 1.807) is 12.1 Å². The summed E-state index contributed by atoms with van der Waals surface area (Å²) in [5, 5.41) is 14.9. The number of hydrogen-bond acceptors (Lipinski definition) is 5. The van der Waals surface area contributed by atoms with E-state index in [1.807, 2.05) is 61.5 Å². The number of anilines is 1. The summed E-state index contributed by atoms with van der Waals surface area (Å²) in [5.74, 6) is 0.434. The summed E-state index contributed by atoms with van der Waals surface area (Å²) < 4.78 is 6.05. The van der Waals surface area contributed by atoms with Gasteiger partial charge >= 0.3 is 0 Å². The highest BCUT2D eigenvalue weighted by atomic mass is 35.5. The number of amides is 1. The van der Waals surface area contributed by atoms with Crippen molar-refractivity contribution in [2.75, 3.05) is 5.32 Å². The minimum atomic E-state index is -0.635. The second-order valence-electron chi connectivity index (χ2n) is 6.40. The zero-order valence-corrected chi connectivity index (χ0v) is 17.2. The third-order valence-corrected chi connectivity index (χ3v) is 5.57. The van der Waals surface area contributed by atoms with Crippen molar-refractivity contribution in [3.8, 4) is 16.3 Å². The van der Waals surface area contributed by atoms with Gasteiger partial charge in [-0.15, -0.1) is 10.2 Å². The molecule has 4 aromatic rings. The minimum Gasteiger partial charge on any atom is -0.480 e. The third-order valence-electron chi connectivity index (χ3n) is 4.43. The highest BCUT2D eigenvalue weighted by Crippen LogP contribution is 2.29. The Morgan fingerprint density at radius 3 is 2.62 bits per heavy atom. The van der Waals surface area contributed by atoms with E-state index in [-0.39, 0.29) is 5.91 Å². The van der Waals surface area contributed by atoms with Crippen LogP contribution < -0.4 is 10.1 Å². The molecule has 1 aromatic heterocycles. The molecule has 1 amide bonds. The first-order valence-electron chi connectivity index (χ1n) is 9.19. The number of fused-ring (bicyclic) bond motifs is 1. The van der Waals surface area contributed by atoms with Gasteiger partial charge in [-0.05, 0) is 30.0 Å². The van der Waals surface area contributed by atoms with E-state index in [0.717, 1.165) is 16.3 Å². The quantitative estimate of drug-likeness (QED) is 0.425. The van der Waals surface area contributed by atoms with Crippen molar-refractivity contribution in [1.29, 1.82) is 0 Å². The molecule has 1 N–H and O–H groups in total. The zero-order chi connectivity index (χ0) is 20.2. The Labute approximate surface area is 177 Å². The average molecular weight is 424 g/mol. The lowest BCUT2D eigenvalue weighted by molar-refractivity contribution is -0.122. The monoisotopic (exact) mass is 423 g/mol. The smallest absolute Gasteiger partial charge is 0.267 e. The summed E-state index contributed by atoms with van der Waals surface area (Å²) in [5.41, 5.74) is 0.895. The Kier molecular flexibility index (Phi) is 5.74. The zero-order valence-electron chi connectivity index (χ0n) is 15.6. The predicted octanol–water partition coefficient (Wildman–Crippen LogP) is 5.81. The number of benzene rings is 3. The van der Waals surface area contributed by atoms with E-state index >= 15 is 0 Å². The fourth-order valence-corrected chi connectivity index (χ4v) is 3.82. The van der Waals surface area contributed by atoms with Gasteiger partial charge in [0.1, 0.15) is 10.8 Å². The summed E-state index contributed by atoms with van der Waals surface area (Å²) in [4.78, 5) is 12.8. The minimum absolute atomic E-state index is 0.251. The molecule has 0 bridgehead atoms. The number of nitrogens with zero attached hydrogens (tertiary/aromatic N) is 2. The largest absolute Gasteiger partial charge is 0.480 e. The molecule has 7 heteroatoms. The molecule has 29 heavy (non-hydrogen) atoms. The standard InChI is InChI=1S/C22H18ClN3O2S/c1-2-18(28-19-9-5-7-14-6-3-4-8-17(14)19)20(27)24-22-26-25-21(29-22)15-10-12-16(23)13-11-15/h3-13,18H,2H2,1H3,(H,24,26,27)/t18-/m0/s1. The number of hydrogen-bond donors (Lipinski definition) is 1. The van der Waals surface area contributed by atoms with E-state index in [9.17, 15) is 4.79 Å². The number of ether oxygens (including phenoxy) is 1. The maximum Gasteiger partial charge on any atom is 0.267 e. The van der Waals surface area contributed by atoms with Crippen LogP contribution in [0.1, 0.15) is 13.3 Å². The van der Waals surface area contributed by atoms with Crippen LogP contribution in [0.3, 0.4) is 0 Å². The molecular formula is C22H18ClN3O2S. The van der Waals surface area contributed by atoms with Crippen LogP contribution in [0.15, 0.2) is 66.7 Å². The summed E-state index contributed by atoms with van der Waals surface area (Å²) >= 11 is 7.23. The first kappa shape index (κ1) is 19.4. The lowest BCUT2D eigenvalue weighted by Gasteiger charge is -2.17. The van der Waals surface area contributed by atoms with Gasteiger partial charge in [0.05, 0.1) is 0 Å². The molecule has 0 aliphatic rings. The van der Waals surface area contributed by atoms with Gasteiger partial charge in [-0.3, -0.25) is 10.1 Å². The van der Waals surface area contributed by atoms with Crippen molar-refractivity contribution < 1.29 is 9.53 Å². The highest BCUT2D eigenvalue weighted by molar-refractivity contribution is 7.18. The molecule has 1 atom stereocenters. The molecule has 0 saturated heterocycles. The fraction of sp³-hybridized carbons (Fsp3) is 0.136. The van der Waals surface area contributed by atoms with Crippen LogP contribution in [0.25, 0.3) is 21.3 Å². The van der Waals surface area contributed by atoms with Gasteiger partial charge < -0.3 is 4.74 Å². The molecule has 0 radical (unpaired) electrons. The van der Waals surface area contributed by atoms with Crippen molar-refractivity contribution >= 4 is 44.7 Å². The average Bonchev–Trinajstić information content (AvgIpc) is 3.21. The normalized spacial score (nSPS) is 11.9. The lowest BCUT2D eigenvalue weighted by Crippen LogP contribution is -2.32. The fourth-order valence-electron chi connectivity index (χ4n) is 2.94. The molecule has 0 aliphatic carbocycles. The van der Waals surface area contributed by atoms with Crippen LogP contribution >= 0.6 is 22.9 Å². The molecule has 4 rings (SSSR count). The van der Waals surface area contributed by atoms with Crippen molar-refractivity contribution in [2.24, 2.45) is 0 Å². The number of carbonyl (C=O) groups is 1. The number of halogens is 1. The topological polar surface area (TPSA) is 64.1 Å². The lowest BCUT2D eigenvalue weighted by atomic mass is 10.1. The highest BCUT2D eigenvalue weighted by Gasteiger charge is 2.21. The van der Waals surface area contributed by atoms with Gasteiger partial charge in [0, 0.05) is 16.0 Å². The second kappa shape index (κ2) is 8.59. The summed E-state index contributed by atoms with van der Waals surface area (Å²) in [6, 6.07) is 21.1. The van der Waals surface area contributed by atoms with Gasteiger partial charge in [-0.1, -0.05) is 78.4 Å². The first-order valence-corrected chi connectivity index (χ1v) is 10.4. The van der Waals surface area contributed by atoms with Crippen LogP contribution in [-0.2, 0) is 4.79 Å². The Hall–Kier alpha value is -2.96. The van der Waals surface area contributed by atoms with E-state index in [4.69, 9.17) is 16.3 Å². The van der Waals surface area contributed by atoms with Gasteiger partial charge in [0.25, 0.3) is 5.91 Å². The van der Waals surface area contributed by atoms with Crippen LogP contribution in [-0.4, -0.2) is 22.2 Å². The van der Waals surface area contributed by atoms with Crippen LogP contribution in [0.4, 0.5) is 5.13 Å². The maximum atomic E-state index is 12.8. The second-order valence-corrected chi connectivity index (χ2v) is 7.81. The number of carbonyl (C=O) groups excluding carboxylic acids is 1. The molecule has 0 aliphatic heterocycles. The van der Waals surface area contributed by atoms with Crippen molar-refractivity contribution in [3.63, 3.8) is 0 Å². The predicted molar refractivity (Wildman–Crippen MR) is 118 cm³/mol. The molecule has 0 fully saturated rings. The van der Waals surface area contributed by atoms with E-state index < -0.39 is 6.10 Å². The van der Waals surface area contributed by atoms with Crippen molar-refractivity contribution in [2.45, 2.75) is 19.4 Å². The molecule has 3 aromatic carbocycles. The maximum absolute atomic E-state index is 12.8. The Bertz CT molecular complexity index is 1140. The van der Waals surface area contributed by atoms with Gasteiger partial charge in [0.2, 0.25) is 5.13 Å². The van der Waals surface area contributed by atoms with E-state index in [2.05, 4.69) is 15.5 Å². The van der Waals surface area contributed by atoms with Gasteiger partial charge in [0.15, 0.2) is 6.10 Å². The van der Waals surface area contributed by atoms with Crippen LogP contribution in [0.5, 0.6) is 5.75 Å². The van der Waals surface area contributed by atoms with Gasteiger partial charge in [-0.25, -0.2) is 0 Å². The van der Waals surface area contributed by atoms with E-state index in [1.165, 1.54) is 11.3 Å². The number of nitrogens with one attached hydrogen (secondary N) is 1. The number of aromatic nitrogens is 2. The van der Waals surface area contributed by atoms with Crippen molar-refractivity contribution in [1.82, 2.24) is 10.2 Å². The number of rotatable bonds is 6. The Morgan fingerprint density at radius 2 is 1.83 bits per heavy atom. The Morgan fingerprint density at radius 1 is 1.07 bits per heavy atom. The molecule has 146 valence electrons. The summed E-state index contributed by atoms with van der Waals surface area (Å²) in [6.07, 6.45) is -0.110. The SMILES string of the molecule is CC[C@H](Oc1cccc2ccccc12)C(=O)Nc1nnc(-c2ccc(Cl)cc2)s1. The summed E-state index contributed by atoms with van der Waals surface area (Å²) in [7, 11) is 0. The van der Waals surface area contributed by atoms with Crippen molar-refractivity contribution in [3.05, 3.63) is 71.8 Å². The molecule has 1 heterocycles. The first-order chi connectivity index (χ1) is 14.1.